The SMILES string of the molecule is CC(=O)N(/C=C/C=C(\C#N)C(=O)O)c1ccccc1. The fourth-order valence-corrected chi connectivity index (χ4v) is 1.34. The van der Waals surface area contributed by atoms with Crippen LogP contribution in [-0.2, 0) is 9.59 Å². The number of aliphatic carboxylic acids is 1. The van der Waals surface area contributed by atoms with Crippen LogP contribution in [0.2, 0.25) is 0 Å². The number of carboxylic acids is 1. The van der Waals surface area contributed by atoms with Crippen molar-refractivity contribution in [1.29, 1.82) is 5.26 Å². The number of amides is 1. The summed E-state index contributed by atoms with van der Waals surface area (Å²) in [5, 5.41) is 17.2. The van der Waals surface area contributed by atoms with Crippen molar-refractivity contribution in [2.75, 3.05) is 4.90 Å². The summed E-state index contributed by atoms with van der Waals surface area (Å²) in [4.78, 5) is 23.5. The quantitative estimate of drug-likeness (QED) is 0.508. The number of nitrogens with zero attached hydrogens (tertiary/aromatic N) is 2. The van der Waals surface area contributed by atoms with E-state index < -0.39 is 11.5 Å². The topological polar surface area (TPSA) is 81.4 Å². The molecule has 0 saturated carbocycles. The molecule has 1 aromatic carbocycles. The Labute approximate surface area is 110 Å². The highest BCUT2D eigenvalue weighted by molar-refractivity contribution is 5.94. The minimum Gasteiger partial charge on any atom is -0.477 e. The first-order chi connectivity index (χ1) is 9.06. The Kier molecular flexibility index (Phi) is 5.05. The lowest BCUT2D eigenvalue weighted by molar-refractivity contribution is -0.132. The molecule has 0 aliphatic carbocycles. The van der Waals surface area contributed by atoms with Gasteiger partial charge in [-0.2, -0.15) is 5.26 Å². The number of nitriles is 1. The van der Waals surface area contributed by atoms with E-state index in [9.17, 15) is 9.59 Å². The molecular formula is C14H12N2O3. The summed E-state index contributed by atoms with van der Waals surface area (Å²) in [5.74, 6) is -1.52. The standard InChI is InChI=1S/C14H12N2O3/c1-11(17)16(13-7-3-2-4-8-13)9-5-6-12(10-15)14(18)19/h2-9H,1H3,(H,18,19)/b9-5+,12-6+. The average molecular weight is 256 g/mol. The van der Waals surface area contributed by atoms with Gasteiger partial charge in [0.2, 0.25) is 5.91 Å². The average Bonchev–Trinajstić information content (AvgIpc) is 2.39. The molecule has 19 heavy (non-hydrogen) atoms. The first-order valence-corrected chi connectivity index (χ1v) is 5.43. The molecule has 0 bridgehead atoms. The summed E-state index contributed by atoms with van der Waals surface area (Å²) >= 11 is 0. The first kappa shape index (κ1) is 14.2. The van der Waals surface area contributed by atoms with Gasteiger partial charge in [0.15, 0.2) is 0 Å². The van der Waals surface area contributed by atoms with Crippen LogP contribution < -0.4 is 4.90 Å². The number of carbonyl (C=O) groups excluding carboxylic acids is 1. The Morgan fingerprint density at radius 1 is 1.32 bits per heavy atom. The Balaban J connectivity index is 2.96. The number of benzene rings is 1. The molecule has 0 atom stereocenters. The van der Waals surface area contributed by atoms with Crippen molar-refractivity contribution in [1.82, 2.24) is 0 Å². The molecule has 1 N–H and O–H groups in total. The van der Waals surface area contributed by atoms with E-state index in [1.165, 1.54) is 24.1 Å². The molecule has 0 fully saturated rings. The Morgan fingerprint density at radius 3 is 2.42 bits per heavy atom. The van der Waals surface area contributed by atoms with E-state index in [0.717, 1.165) is 6.08 Å². The number of rotatable bonds is 4. The van der Waals surface area contributed by atoms with E-state index in [1.54, 1.807) is 30.3 Å². The van der Waals surface area contributed by atoms with Gasteiger partial charge in [-0.3, -0.25) is 9.69 Å². The van der Waals surface area contributed by atoms with Gasteiger partial charge in [-0.05, 0) is 24.3 Å². The van der Waals surface area contributed by atoms with Crippen LogP contribution >= 0.6 is 0 Å². The molecular weight excluding hydrogens is 244 g/mol. The molecule has 1 amide bonds. The molecule has 0 spiro atoms. The van der Waals surface area contributed by atoms with Crippen LogP contribution in [0.15, 0.2) is 54.3 Å². The molecule has 0 radical (unpaired) electrons. The molecule has 0 heterocycles. The van der Waals surface area contributed by atoms with Gasteiger partial charge in [-0.1, -0.05) is 18.2 Å². The van der Waals surface area contributed by atoms with Gasteiger partial charge in [0.25, 0.3) is 0 Å². The molecule has 5 nitrogen and oxygen atoms in total. The van der Waals surface area contributed by atoms with E-state index in [2.05, 4.69) is 0 Å². The van der Waals surface area contributed by atoms with Crippen LogP contribution in [0.25, 0.3) is 0 Å². The fraction of sp³-hybridized carbons (Fsp3) is 0.0714. The highest BCUT2D eigenvalue weighted by atomic mass is 16.4. The number of para-hydroxylation sites is 1. The van der Waals surface area contributed by atoms with Gasteiger partial charge in [-0.25, -0.2) is 4.79 Å². The normalized spacial score (nSPS) is 11.1. The summed E-state index contributed by atoms with van der Waals surface area (Å²) in [6.07, 6.45) is 3.90. The van der Waals surface area contributed by atoms with E-state index in [1.807, 2.05) is 6.07 Å². The monoisotopic (exact) mass is 256 g/mol. The van der Waals surface area contributed by atoms with Crippen molar-refractivity contribution in [3.05, 3.63) is 54.3 Å². The zero-order chi connectivity index (χ0) is 14.3. The van der Waals surface area contributed by atoms with Crippen LogP contribution in [0.5, 0.6) is 0 Å². The highest BCUT2D eigenvalue weighted by Crippen LogP contribution is 2.13. The lowest BCUT2D eigenvalue weighted by Gasteiger charge is -2.15. The summed E-state index contributed by atoms with van der Waals surface area (Å²) in [7, 11) is 0. The number of allylic oxidation sites excluding steroid dienone is 2. The van der Waals surface area contributed by atoms with E-state index in [-0.39, 0.29) is 5.91 Å². The molecule has 96 valence electrons. The highest BCUT2D eigenvalue weighted by Gasteiger charge is 2.07. The Morgan fingerprint density at radius 2 is 1.95 bits per heavy atom. The predicted octanol–water partition coefficient (Wildman–Crippen LogP) is 2.09. The van der Waals surface area contributed by atoms with E-state index in [4.69, 9.17) is 10.4 Å². The Bertz CT molecular complexity index is 568. The lowest BCUT2D eigenvalue weighted by Crippen LogP contribution is -2.21. The molecule has 0 saturated heterocycles. The van der Waals surface area contributed by atoms with Gasteiger partial charge in [0.1, 0.15) is 11.6 Å². The van der Waals surface area contributed by atoms with E-state index >= 15 is 0 Å². The van der Waals surface area contributed by atoms with Crippen molar-refractivity contribution in [3.63, 3.8) is 0 Å². The summed E-state index contributed by atoms with van der Waals surface area (Å²) in [5.41, 5.74) is 0.265. The molecule has 5 heteroatoms. The third-order valence-electron chi connectivity index (χ3n) is 2.22. The smallest absolute Gasteiger partial charge is 0.346 e. The third-order valence-corrected chi connectivity index (χ3v) is 2.22. The second kappa shape index (κ2) is 6.77. The van der Waals surface area contributed by atoms with Gasteiger partial charge < -0.3 is 5.11 Å². The maximum atomic E-state index is 11.5. The van der Waals surface area contributed by atoms with Crippen LogP contribution in [0.3, 0.4) is 0 Å². The summed E-state index contributed by atoms with van der Waals surface area (Å²) < 4.78 is 0. The third kappa shape index (κ3) is 4.13. The predicted molar refractivity (Wildman–Crippen MR) is 70.1 cm³/mol. The van der Waals surface area contributed by atoms with Gasteiger partial charge in [-0.15, -0.1) is 0 Å². The van der Waals surface area contributed by atoms with Gasteiger partial charge in [0, 0.05) is 18.8 Å². The lowest BCUT2D eigenvalue weighted by atomic mass is 10.2. The molecule has 1 rings (SSSR count). The second-order valence-electron chi connectivity index (χ2n) is 3.56. The summed E-state index contributed by atoms with van der Waals surface area (Å²) in [6, 6.07) is 10.4. The largest absolute Gasteiger partial charge is 0.477 e. The maximum absolute atomic E-state index is 11.5. The van der Waals surface area contributed by atoms with Crippen molar-refractivity contribution in [2.45, 2.75) is 6.92 Å². The zero-order valence-electron chi connectivity index (χ0n) is 10.3. The van der Waals surface area contributed by atoms with Gasteiger partial charge in [0.05, 0.1) is 0 Å². The molecule has 0 aliphatic heterocycles. The van der Waals surface area contributed by atoms with Crippen LogP contribution in [0.4, 0.5) is 5.69 Å². The first-order valence-electron chi connectivity index (χ1n) is 5.43. The van der Waals surface area contributed by atoms with Crippen LogP contribution in [0.1, 0.15) is 6.92 Å². The Hall–Kier alpha value is -2.87. The molecule has 0 aromatic heterocycles. The van der Waals surface area contributed by atoms with Crippen LogP contribution in [-0.4, -0.2) is 17.0 Å². The maximum Gasteiger partial charge on any atom is 0.346 e. The fourth-order valence-electron chi connectivity index (χ4n) is 1.34. The van der Waals surface area contributed by atoms with Crippen molar-refractivity contribution < 1.29 is 14.7 Å². The summed E-state index contributed by atoms with van der Waals surface area (Å²) in [6.45, 7) is 1.39. The number of hydrogen-bond donors (Lipinski definition) is 1. The minimum atomic E-state index is -1.30. The zero-order valence-corrected chi connectivity index (χ0v) is 10.3. The van der Waals surface area contributed by atoms with Crippen molar-refractivity contribution in [2.24, 2.45) is 0 Å². The van der Waals surface area contributed by atoms with Crippen molar-refractivity contribution >= 4 is 17.6 Å². The van der Waals surface area contributed by atoms with E-state index in [0.29, 0.717) is 5.69 Å². The second-order valence-corrected chi connectivity index (χ2v) is 3.56. The minimum absolute atomic E-state index is 0.218. The molecule has 0 unspecified atom stereocenters. The van der Waals surface area contributed by atoms with Crippen LogP contribution in [0, 0.1) is 11.3 Å². The number of anilines is 1. The number of hydrogen-bond acceptors (Lipinski definition) is 3. The van der Waals surface area contributed by atoms with Crippen molar-refractivity contribution in [3.8, 4) is 6.07 Å². The molecule has 0 aliphatic rings. The van der Waals surface area contributed by atoms with Gasteiger partial charge >= 0.3 is 5.97 Å². The number of carbonyl (C=O) groups is 2. The number of carboxylic acid groups (broad SMARTS) is 1. The molecule has 1 aromatic rings.